The smallest absolute Gasteiger partial charge is 0.344 e. The number of thioether (sulfide) groups is 1. The molecule has 208 valence electrons. The van der Waals surface area contributed by atoms with Crippen LogP contribution in [0, 0.1) is 6.92 Å². The van der Waals surface area contributed by atoms with E-state index < -0.39 is 5.97 Å². The van der Waals surface area contributed by atoms with Crippen LogP contribution in [0.25, 0.3) is 17.0 Å². The summed E-state index contributed by atoms with van der Waals surface area (Å²) >= 11 is 4.75. The molecular formula is C30H30BrN3O5S. The standard InChI is InChI=1S/C30H30BrN3O5S/c1-3-38-30(37)27-28(36)25(40-29(27)33-21-9-6-18(2)7-10-21)13-19-16-34(24-11-8-20(31)14-23(19)24)17-26(35)32-15-22-5-4-12-39-22/h6-11,13-14,16,22,36H,3-5,12,15,17H2,1-2H3,(H,32,35)/b25-13-,33-29?/t22-/m1/s1. The third kappa shape index (κ3) is 6.35. The third-order valence-corrected chi connectivity index (χ3v) is 8.17. The van der Waals surface area contributed by atoms with Gasteiger partial charge < -0.3 is 24.5 Å². The third-order valence-electron chi connectivity index (χ3n) is 6.66. The van der Waals surface area contributed by atoms with Crippen molar-refractivity contribution in [2.75, 3.05) is 19.8 Å². The molecule has 1 aromatic heterocycles. The summed E-state index contributed by atoms with van der Waals surface area (Å²) in [4.78, 5) is 30.7. The topological polar surface area (TPSA) is 102 Å². The van der Waals surface area contributed by atoms with E-state index in [-0.39, 0.29) is 36.5 Å². The van der Waals surface area contributed by atoms with Crippen molar-refractivity contribution in [2.45, 2.75) is 39.3 Å². The Bertz CT molecular complexity index is 1530. The number of hydrogen-bond acceptors (Lipinski definition) is 7. The van der Waals surface area contributed by atoms with E-state index in [4.69, 9.17) is 9.47 Å². The number of benzene rings is 2. The number of rotatable bonds is 8. The zero-order valence-electron chi connectivity index (χ0n) is 22.3. The van der Waals surface area contributed by atoms with E-state index in [2.05, 4.69) is 26.2 Å². The van der Waals surface area contributed by atoms with E-state index in [0.29, 0.717) is 22.2 Å². The molecule has 0 saturated carbocycles. The Morgan fingerprint density at radius 1 is 1.27 bits per heavy atom. The van der Waals surface area contributed by atoms with E-state index in [1.54, 1.807) is 6.92 Å². The maximum atomic E-state index is 12.8. The lowest BCUT2D eigenvalue weighted by Crippen LogP contribution is -2.34. The highest BCUT2D eigenvalue weighted by Crippen LogP contribution is 2.41. The van der Waals surface area contributed by atoms with Gasteiger partial charge in [0.15, 0.2) is 0 Å². The van der Waals surface area contributed by atoms with Gasteiger partial charge in [0.1, 0.15) is 22.9 Å². The van der Waals surface area contributed by atoms with Gasteiger partial charge in [-0.2, -0.15) is 0 Å². The Kier molecular flexibility index (Phi) is 8.78. The highest BCUT2D eigenvalue weighted by molar-refractivity contribution is 9.10. The van der Waals surface area contributed by atoms with Crippen molar-refractivity contribution in [3.63, 3.8) is 0 Å². The number of halogens is 1. The fraction of sp³-hybridized carbons (Fsp3) is 0.300. The summed E-state index contributed by atoms with van der Waals surface area (Å²) in [6.45, 7) is 5.25. The zero-order valence-corrected chi connectivity index (χ0v) is 24.7. The number of carbonyl (C=O) groups is 2. The Hall–Kier alpha value is -3.34. The van der Waals surface area contributed by atoms with Gasteiger partial charge in [-0.05, 0) is 63.1 Å². The van der Waals surface area contributed by atoms with Crippen molar-refractivity contribution in [3.8, 4) is 0 Å². The van der Waals surface area contributed by atoms with Crippen LogP contribution >= 0.6 is 27.7 Å². The van der Waals surface area contributed by atoms with Crippen LogP contribution in [0.15, 0.2) is 74.4 Å². The van der Waals surface area contributed by atoms with Crippen LogP contribution in [0.3, 0.4) is 0 Å². The number of ether oxygens (including phenoxy) is 2. The predicted octanol–water partition coefficient (Wildman–Crippen LogP) is 6.20. The first kappa shape index (κ1) is 28.2. The van der Waals surface area contributed by atoms with Crippen LogP contribution in [-0.4, -0.2) is 52.5 Å². The second kappa shape index (κ2) is 12.4. The fourth-order valence-corrected chi connectivity index (χ4v) is 6.04. The molecule has 0 radical (unpaired) electrons. The van der Waals surface area contributed by atoms with E-state index >= 15 is 0 Å². The zero-order chi connectivity index (χ0) is 28.2. The SMILES string of the molecule is CCOC(=O)C1=C(O)/C(=C/c2cn(CC(=O)NC[C@H]3CCCO3)c3ccc(Br)cc23)SC1=Nc1ccc(C)cc1. The number of hydrogen-bond donors (Lipinski definition) is 2. The van der Waals surface area contributed by atoms with Gasteiger partial charge in [0, 0.05) is 40.3 Å². The monoisotopic (exact) mass is 623 g/mol. The van der Waals surface area contributed by atoms with Crippen molar-refractivity contribution < 1.29 is 24.2 Å². The lowest BCUT2D eigenvalue weighted by atomic mass is 10.1. The quantitative estimate of drug-likeness (QED) is 0.290. The largest absolute Gasteiger partial charge is 0.506 e. The number of carbonyl (C=O) groups excluding carboxylic acids is 2. The molecule has 3 aromatic rings. The second-order valence-electron chi connectivity index (χ2n) is 9.62. The minimum atomic E-state index is -0.630. The molecule has 2 N–H and O–H groups in total. The molecule has 0 bridgehead atoms. The highest BCUT2D eigenvalue weighted by atomic mass is 79.9. The Labute approximate surface area is 245 Å². The molecule has 2 aliphatic rings. The molecule has 5 rings (SSSR count). The van der Waals surface area contributed by atoms with Crippen LogP contribution < -0.4 is 5.32 Å². The van der Waals surface area contributed by atoms with E-state index in [1.165, 1.54) is 11.8 Å². The van der Waals surface area contributed by atoms with Crippen molar-refractivity contribution in [1.29, 1.82) is 0 Å². The molecule has 3 heterocycles. The summed E-state index contributed by atoms with van der Waals surface area (Å²) in [6.07, 6.45) is 5.73. The number of aliphatic hydroxyl groups excluding tert-OH is 1. The Morgan fingerprint density at radius 2 is 2.08 bits per heavy atom. The fourth-order valence-electron chi connectivity index (χ4n) is 4.66. The Balaban J connectivity index is 1.48. The van der Waals surface area contributed by atoms with Gasteiger partial charge >= 0.3 is 5.97 Å². The number of nitrogens with zero attached hydrogens (tertiary/aromatic N) is 2. The number of amides is 1. The first-order valence-corrected chi connectivity index (χ1v) is 14.8. The van der Waals surface area contributed by atoms with Gasteiger partial charge in [-0.1, -0.05) is 45.4 Å². The molecule has 2 aliphatic heterocycles. The molecular weight excluding hydrogens is 594 g/mol. The number of aryl methyl sites for hydroxylation is 1. The molecule has 1 saturated heterocycles. The van der Waals surface area contributed by atoms with Gasteiger partial charge in [0.05, 0.1) is 23.3 Å². The lowest BCUT2D eigenvalue weighted by Gasteiger charge is -2.11. The molecule has 0 aliphatic carbocycles. The maximum absolute atomic E-state index is 12.8. The highest BCUT2D eigenvalue weighted by Gasteiger charge is 2.33. The first-order chi connectivity index (χ1) is 19.3. The lowest BCUT2D eigenvalue weighted by molar-refractivity contribution is -0.138. The van der Waals surface area contributed by atoms with E-state index in [1.807, 2.05) is 66.2 Å². The van der Waals surface area contributed by atoms with Crippen LogP contribution in [0.1, 0.15) is 30.9 Å². The minimum Gasteiger partial charge on any atom is -0.506 e. The van der Waals surface area contributed by atoms with E-state index in [0.717, 1.165) is 46.0 Å². The maximum Gasteiger partial charge on any atom is 0.344 e. The average Bonchev–Trinajstić information content (AvgIpc) is 3.63. The van der Waals surface area contributed by atoms with Crippen LogP contribution in [0.5, 0.6) is 0 Å². The molecule has 40 heavy (non-hydrogen) atoms. The average molecular weight is 625 g/mol. The number of aliphatic hydroxyl groups is 1. The van der Waals surface area contributed by atoms with Gasteiger partial charge in [-0.25, -0.2) is 9.79 Å². The summed E-state index contributed by atoms with van der Waals surface area (Å²) in [6, 6.07) is 13.4. The molecule has 1 fully saturated rings. The van der Waals surface area contributed by atoms with Crippen molar-refractivity contribution in [1.82, 2.24) is 9.88 Å². The van der Waals surface area contributed by atoms with Crippen LogP contribution in [-0.2, 0) is 25.6 Å². The second-order valence-corrected chi connectivity index (χ2v) is 11.6. The summed E-state index contributed by atoms with van der Waals surface area (Å²) < 4.78 is 13.6. The van der Waals surface area contributed by atoms with Gasteiger partial charge in [-0.3, -0.25) is 4.79 Å². The van der Waals surface area contributed by atoms with E-state index in [9.17, 15) is 14.7 Å². The minimum absolute atomic E-state index is 0.0390. The summed E-state index contributed by atoms with van der Waals surface area (Å²) in [5.41, 5.74) is 3.45. The van der Waals surface area contributed by atoms with Gasteiger partial charge in [0.25, 0.3) is 0 Å². The molecule has 0 spiro atoms. The summed E-state index contributed by atoms with van der Waals surface area (Å²) in [5.74, 6) is -0.918. The number of nitrogens with one attached hydrogen (secondary N) is 1. The molecule has 2 aromatic carbocycles. The number of aromatic nitrogens is 1. The summed E-state index contributed by atoms with van der Waals surface area (Å²) in [7, 11) is 0. The number of esters is 1. The number of aliphatic imine (C=N–C) groups is 1. The molecule has 0 unspecified atom stereocenters. The van der Waals surface area contributed by atoms with Gasteiger partial charge in [0.2, 0.25) is 5.91 Å². The summed E-state index contributed by atoms with van der Waals surface area (Å²) in [5, 5.41) is 15.4. The first-order valence-electron chi connectivity index (χ1n) is 13.1. The normalized spacial score (nSPS) is 19.2. The predicted molar refractivity (Wildman–Crippen MR) is 162 cm³/mol. The van der Waals surface area contributed by atoms with Crippen molar-refractivity contribution in [2.24, 2.45) is 4.99 Å². The van der Waals surface area contributed by atoms with Crippen molar-refractivity contribution in [3.05, 3.63) is 80.5 Å². The van der Waals surface area contributed by atoms with Crippen molar-refractivity contribution >= 4 is 67.3 Å². The molecule has 10 heteroatoms. The molecule has 1 amide bonds. The Morgan fingerprint density at radius 3 is 2.80 bits per heavy atom. The number of fused-ring (bicyclic) bond motifs is 1. The van der Waals surface area contributed by atoms with Crippen LogP contribution in [0.4, 0.5) is 5.69 Å². The van der Waals surface area contributed by atoms with Crippen LogP contribution in [0.2, 0.25) is 0 Å². The molecule has 8 nitrogen and oxygen atoms in total. The molecule has 1 atom stereocenters. The van der Waals surface area contributed by atoms with Gasteiger partial charge in [-0.15, -0.1) is 0 Å².